The molecule has 1 atom stereocenters. The Bertz CT molecular complexity index is 366. The molecule has 0 bridgehead atoms. The second kappa shape index (κ2) is 6.29. The Morgan fingerprint density at radius 2 is 1.88 bits per heavy atom. The molecule has 2 heteroatoms. The SMILES string of the molecule is Cc1ccc(C)c(SCC(CBr)C(C)(C)C)c1. The lowest BCUT2D eigenvalue weighted by molar-refractivity contribution is 0.295. The van der Waals surface area contributed by atoms with E-state index in [2.05, 4.69) is 68.7 Å². The van der Waals surface area contributed by atoms with Gasteiger partial charge in [0.1, 0.15) is 0 Å². The van der Waals surface area contributed by atoms with E-state index in [0.29, 0.717) is 11.3 Å². The molecular weight excluding hydrogens is 292 g/mol. The lowest BCUT2D eigenvalue weighted by Crippen LogP contribution is -2.24. The van der Waals surface area contributed by atoms with E-state index >= 15 is 0 Å². The predicted molar refractivity (Wildman–Crippen MR) is 83.4 cm³/mol. The Balaban J connectivity index is 2.69. The molecule has 0 fully saturated rings. The molecule has 1 aromatic carbocycles. The van der Waals surface area contributed by atoms with E-state index < -0.39 is 0 Å². The van der Waals surface area contributed by atoms with Gasteiger partial charge in [0.25, 0.3) is 0 Å². The first-order valence-corrected chi connectivity index (χ1v) is 8.21. The molecule has 0 saturated carbocycles. The molecular formula is C15H23BrS. The molecule has 0 aliphatic carbocycles. The molecule has 96 valence electrons. The van der Waals surface area contributed by atoms with E-state index in [1.165, 1.54) is 21.8 Å². The first-order chi connectivity index (χ1) is 7.84. The van der Waals surface area contributed by atoms with E-state index in [9.17, 15) is 0 Å². The first kappa shape index (κ1) is 15.1. The standard InChI is InChI=1S/C15H23BrS/c1-11-6-7-12(2)14(8-11)17-10-13(9-16)15(3,4)5/h6-8,13H,9-10H2,1-5H3. The average molecular weight is 315 g/mol. The maximum Gasteiger partial charge on any atom is 0.0104 e. The number of aryl methyl sites for hydroxylation is 2. The third-order valence-corrected chi connectivity index (χ3v) is 5.30. The second-order valence-electron chi connectivity index (χ2n) is 5.80. The monoisotopic (exact) mass is 314 g/mol. The molecule has 0 aromatic heterocycles. The summed E-state index contributed by atoms with van der Waals surface area (Å²) in [5, 5.41) is 1.08. The third-order valence-electron chi connectivity index (χ3n) is 3.19. The van der Waals surface area contributed by atoms with E-state index in [1.807, 2.05) is 11.8 Å². The van der Waals surface area contributed by atoms with Crippen molar-refractivity contribution >= 4 is 27.7 Å². The Morgan fingerprint density at radius 3 is 2.41 bits per heavy atom. The Labute approximate surface area is 119 Å². The molecule has 0 spiro atoms. The van der Waals surface area contributed by atoms with Crippen LogP contribution in [-0.4, -0.2) is 11.1 Å². The molecule has 1 rings (SSSR count). The summed E-state index contributed by atoms with van der Waals surface area (Å²) in [5.74, 6) is 1.88. The van der Waals surface area contributed by atoms with Crippen LogP contribution in [0.25, 0.3) is 0 Å². The van der Waals surface area contributed by atoms with Crippen molar-refractivity contribution in [1.82, 2.24) is 0 Å². The zero-order chi connectivity index (χ0) is 13.1. The van der Waals surface area contributed by atoms with Crippen LogP contribution in [0.15, 0.2) is 23.1 Å². The summed E-state index contributed by atoms with van der Waals surface area (Å²) in [7, 11) is 0. The molecule has 0 saturated heterocycles. The summed E-state index contributed by atoms with van der Waals surface area (Å²) in [6.07, 6.45) is 0. The quantitative estimate of drug-likeness (QED) is 0.526. The lowest BCUT2D eigenvalue weighted by atomic mass is 9.83. The summed E-state index contributed by atoms with van der Waals surface area (Å²) in [4.78, 5) is 1.43. The van der Waals surface area contributed by atoms with Gasteiger partial charge in [0, 0.05) is 16.0 Å². The summed E-state index contributed by atoms with van der Waals surface area (Å²) in [6, 6.07) is 6.71. The van der Waals surface area contributed by atoms with Crippen LogP contribution in [-0.2, 0) is 0 Å². The maximum absolute atomic E-state index is 3.64. The number of hydrogen-bond donors (Lipinski definition) is 0. The molecule has 1 unspecified atom stereocenters. The minimum Gasteiger partial charge on any atom is -0.126 e. The van der Waals surface area contributed by atoms with Crippen molar-refractivity contribution in [1.29, 1.82) is 0 Å². The van der Waals surface area contributed by atoms with Gasteiger partial charge in [-0.05, 0) is 36.8 Å². The Hall–Kier alpha value is 0.0500. The third kappa shape index (κ3) is 4.67. The number of thioether (sulfide) groups is 1. The summed E-state index contributed by atoms with van der Waals surface area (Å²) in [6.45, 7) is 11.3. The average Bonchev–Trinajstić information content (AvgIpc) is 2.22. The second-order valence-corrected chi connectivity index (χ2v) is 7.51. The van der Waals surface area contributed by atoms with Crippen molar-refractivity contribution < 1.29 is 0 Å². The predicted octanol–water partition coefficient (Wildman–Crippen LogP) is 5.45. The van der Waals surface area contributed by atoms with Gasteiger partial charge >= 0.3 is 0 Å². The molecule has 1 aromatic rings. The molecule has 0 heterocycles. The van der Waals surface area contributed by atoms with Gasteiger partial charge < -0.3 is 0 Å². The van der Waals surface area contributed by atoms with Gasteiger partial charge in [0.05, 0.1) is 0 Å². The van der Waals surface area contributed by atoms with Gasteiger partial charge in [-0.3, -0.25) is 0 Å². The topological polar surface area (TPSA) is 0 Å². The number of rotatable bonds is 4. The van der Waals surface area contributed by atoms with Gasteiger partial charge in [-0.1, -0.05) is 54.4 Å². The van der Waals surface area contributed by atoms with Crippen LogP contribution in [0.5, 0.6) is 0 Å². The Kier molecular flexibility index (Phi) is 5.59. The van der Waals surface area contributed by atoms with Gasteiger partial charge in [-0.25, -0.2) is 0 Å². The van der Waals surface area contributed by atoms with Crippen molar-refractivity contribution in [3.8, 4) is 0 Å². The molecule has 0 radical (unpaired) electrons. The number of alkyl halides is 1. The highest BCUT2D eigenvalue weighted by atomic mass is 79.9. The number of benzene rings is 1. The lowest BCUT2D eigenvalue weighted by Gasteiger charge is -2.29. The fourth-order valence-electron chi connectivity index (χ4n) is 1.58. The minimum atomic E-state index is 0.369. The van der Waals surface area contributed by atoms with E-state index in [0.717, 1.165) is 5.33 Å². The zero-order valence-electron chi connectivity index (χ0n) is 11.5. The van der Waals surface area contributed by atoms with Crippen LogP contribution in [0.4, 0.5) is 0 Å². The van der Waals surface area contributed by atoms with Gasteiger partial charge in [0.2, 0.25) is 0 Å². The molecule has 0 amide bonds. The highest BCUT2D eigenvalue weighted by Gasteiger charge is 2.23. The number of halogens is 1. The van der Waals surface area contributed by atoms with Crippen molar-refractivity contribution in [3.05, 3.63) is 29.3 Å². The fraction of sp³-hybridized carbons (Fsp3) is 0.600. The maximum atomic E-state index is 3.64. The fourth-order valence-corrected chi connectivity index (χ4v) is 4.65. The Morgan fingerprint density at radius 1 is 1.24 bits per heavy atom. The van der Waals surface area contributed by atoms with Gasteiger partial charge in [0.15, 0.2) is 0 Å². The van der Waals surface area contributed by atoms with Crippen LogP contribution in [0.3, 0.4) is 0 Å². The van der Waals surface area contributed by atoms with Crippen LogP contribution in [0, 0.1) is 25.2 Å². The minimum absolute atomic E-state index is 0.369. The van der Waals surface area contributed by atoms with Crippen molar-refractivity contribution in [2.24, 2.45) is 11.3 Å². The highest BCUT2D eigenvalue weighted by molar-refractivity contribution is 9.09. The van der Waals surface area contributed by atoms with Crippen LogP contribution in [0.1, 0.15) is 31.9 Å². The van der Waals surface area contributed by atoms with Gasteiger partial charge in [-0.15, -0.1) is 11.8 Å². The summed E-state index contributed by atoms with van der Waals surface area (Å²) < 4.78 is 0. The van der Waals surface area contributed by atoms with Crippen LogP contribution < -0.4 is 0 Å². The number of hydrogen-bond acceptors (Lipinski definition) is 1. The molecule has 17 heavy (non-hydrogen) atoms. The zero-order valence-corrected chi connectivity index (χ0v) is 13.9. The van der Waals surface area contributed by atoms with E-state index in [1.54, 1.807) is 0 Å². The highest BCUT2D eigenvalue weighted by Crippen LogP contribution is 2.34. The summed E-state index contributed by atoms with van der Waals surface area (Å²) >= 11 is 5.64. The van der Waals surface area contributed by atoms with E-state index in [-0.39, 0.29) is 0 Å². The first-order valence-electron chi connectivity index (χ1n) is 6.10. The smallest absolute Gasteiger partial charge is 0.0104 e. The molecule has 0 nitrogen and oxygen atoms in total. The van der Waals surface area contributed by atoms with E-state index in [4.69, 9.17) is 0 Å². The van der Waals surface area contributed by atoms with Gasteiger partial charge in [-0.2, -0.15) is 0 Å². The molecule has 0 aliphatic heterocycles. The summed E-state index contributed by atoms with van der Waals surface area (Å²) in [5.41, 5.74) is 3.11. The van der Waals surface area contributed by atoms with Crippen molar-refractivity contribution in [2.75, 3.05) is 11.1 Å². The molecule has 0 N–H and O–H groups in total. The van der Waals surface area contributed by atoms with Crippen molar-refractivity contribution in [3.63, 3.8) is 0 Å². The largest absolute Gasteiger partial charge is 0.126 e. The van der Waals surface area contributed by atoms with Crippen LogP contribution >= 0.6 is 27.7 Å². The van der Waals surface area contributed by atoms with Crippen molar-refractivity contribution in [2.45, 2.75) is 39.5 Å². The van der Waals surface area contributed by atoms with Crippen LogP contribution in [0.2, 0.25) is 0 Å². The normalized spacial score (nSPS) is 13.8. The molecule has 0 aliphatic rings.